The van der Waals surface area contributed by atoms with Gasteiger partial charge in [0.2, 0.25) is 17.4 Å². The third-order valence-corrected chi connectivity index (χ3v) is 7.33. The Morgan fingerprint density at radius 3 is 2.41 bits per heavy atom. The number of anilines is 1. The molecule has 1 saturated heterocycles. The molecule has 210 valence electrons. The third kappa shape index (κ3) is 5.41. The number of ether oxygens (including phenoxy) is 4. The van der Waals surface area contributed by atoms with Gasteiger partial charge in [-0.2, -0.15) is 0 Å². The summed E-state index contributed by atoms with van der Waals surface area (Å²) in [6.07, 6.45) is 5.32. The molecule has 3 aromatic rings. The lowest BCUT2D eigenvalue weighted by atomic mass is 9.98. The largest absolute Gasteiger partial charge is 0.493 e. The van der Waals surface area contributed by atoms with Crippen molar-refractivity contribution in [3.8, 4) is 28.6 Å². The molecule has 1 aliphatic heterocycles. The summed E-state index contributed by atoms with van der Waals surface area (Å²) < 4.78 is 41.7. The van der Waals surface area contributed by atoms with E-state index in [1.807, 2.05) is 22.8 Å². The Morgan fingerprint density at radius 2 is 1.82 bits per heavy atom. The highest BCUT2D eigenvalue weighted by molar-refractivity contribution is 5.96. The molecule has 0 spiro atoms. The van der Waals surface area contributed by atoms with Gasteiger partial charge in [-0.1, -0.05) is 26.7 Å². The van der Waals surface area contributed by atoms with Crippen molar-refractivity contribution in [2.75, 3.05) is 38.9 Å². The summed E-state index contributed by atoms with van der Waals surface area (Å²) in [4.78, 5) is 17.3. The van der Waals surface area contributed by atoms with Crippen LogP contribution in [0.25, 0.3) is 22.4 Å². The maximum atomic E-state index is 16.4. The SMILES string of the molecule is CCCCOc1c(OC)cc(-c2nc3cc(NC(=O)C4CC4)ccc3n2C2(C)COC2)c(F)c1OCCCC. The summed E-state index contributed by atoms with van der Waals surface area (Å²) in [5, 5.41) is 2.99. The molecule has 2 aromatic carbocycles. The predicted molar refractivity (Wildman–Crippen MR) is 148 cm³/mol. The fourth-order valence-corrected chi connectivity index (χ4v) is 4.81. The smallest absolute Gasteiger partial charge is 0.227 e. The highest BCUT2D eigenvalue weighted by Gasteiger charge is 2.40. The first-order chi connectivity index (χ1) is 18.9. The number of halogens is 1. The molecule has 2 heterocycles. The molecule has 0 radical (unpaired) electrons. The van der Waals surface area contributed by atoms with Crippen LogP contribution in [0.15, 0.2) is 24.3 Å². The number of benzene rings is 2. The van der Waals surface area contributed by atoms with Crippen molar-refractivity contribution in [2.24, 2.45) is 5.92 Å². The first-order valence-corrected chi connectivity index (χ1v) is 14.0. The summed E-state index contributed by atoms with van der Waals surface area (Å²) in [6.45, 7) is 7.93. The molecule has 5 rings (SSSR count). The molecule has 2 aliphatic rings. The Balaban J connectivity index is 1.64. The molecule has 0 atom stereocenters. The number of methoxy groups -OCH3 is 1. The lowest BCUT2D eigenvalue weighted by molar-refractivity contribution is -0.117. The molecule has 1 N–H and O–H groups in total. The molecule has 1 aromatic heterocycles. The van der Waals surface area contributed by atoms with Gasteiger partial charge < -0.3 is 28.8 Å². The lowest BCUT2D eigenvalue weighted by Crippen LogP contribution is -2.49. The highest BCUT2D eigenvalue weighted by Crippen LogP contribution is 2.46. The van der Waals surface area contributed by atoms with E-state index < -0.39 is 11.4 Å². The van der Waals surface area contributed by atoms with E-state index in [9.17, 15) is 4.79 Å². The molecule has 39 heavy (non-hydrogen) atoms. The van der Waals surface area contributed by atoms with Gasteiger partial charge in [0.1, 0.15) is 5.82 Å². The molecule has 9 heteroatoms. The summed E-state index contributed by atoms with van der Waals surface area (Å²) in [5.41, 5.74) is 2.00. The van der Waals surface area contributed by atoms with Crippen LogP contribution in [0.2, 0.25) is 0 Å². The fraction of sp³-hybridized carbons (Fsp3) is 0.533. The standard InChI is InChI=1S/C30H38FN3O5/c1-5-7-13-38-26-24(36-4)16-21(25(31)27(26)39-14-8-6-2)28-33-22-15-20(32-29(35)19-9-10-19)11-12-23(22)34(28)30(3)17-37-18-30/h11-12,15-16,19H,5-10,13-14,17-18H2,1-4H3,(H,32,35). The molecule has 1 amide bonds. The van der Waals surface area contributed by atoms with Gasteiger partial charge in [-0.25, -0.2) is 9.37 Å². The third-order valence-electron chi connectivity index (χ3n) is 7.33. The minimum absolute atomic E-state index is 0.0247. The minimum Gasteiger partial charge on any atom is -0.493 e. The van der Waals surface area contributed by atoms with Gasteiger partial charge in [-0.3, -0.25) is 4.79 Å². The van der Waals surface area contributed by atoms with E-state index in [1.165, 1.54) is 0 Å². The van der Waals surface area contributed by atoms with Gasteiger partial charge in [0, 0.05) is 11.6 Å². The molecule has 1 aliphatic carbocycles. The first-order valence-electron chi connectivity index (χ1n) is 14.0. The number of carbonyl (C=O) groups excluding carboxylic acids is 1. The van der Waals surface area contributed by atoms with Crippen LogP contribution < -0.4 is 19.5 Å². The van der Waals surface area contributed by atoms with Crippen molar-refractivity contribution in [2.45, 2.75) is 64.8 Å². The van der Waals surface area contributed by atoms with Crippen molar-refractivity contribution >= 4 is 22.6 Å². The Labute approximate surface area is 228 Å². The number of amides is 1. The van der Waals surface area contributed by atoms with Gasteiger partial charge in [0.15, 0.2) is 11.6 Å². The van der Waals surface area contributed by atoms with E-state index in [1.54, 1.807) is 13.2 Å². The van der Waals surface area contributed by atoms with E-state index in [2.05, 4.69) is 26.1 Å². The van der Waals surface area contributed by atoms with Crippen LogP contribution in [0.4, 0.5) is 10.1 Å². The zero-order valence-corrected chi connectivity index (χ0v) is 23.3. The molecular formula is C30H38FN3O5. The first kappa shape index (κ1) is 27.2. The molecule has 1 saturated carbocycles. The summed E-state index contributed by atoms with van der Waals surface area (Å²) in [7, 11) is 1.54. The number of nitrogens with one attached hydrogen (secondary N) is 1. The lowest BCUT2D eigenvalue weighted by Gasteiger charge is -2.40. The van der Waals surface area contributed by atoms with Crippen molar-refractivity contribution in [3.05, 3.63) is 30.1 Å². The average Bonchev–Trinajstić information content (AvgIpc) is 3.70. The molecule has 8 nitrogen and oxygen atoms in total. The van der Waals surface area contributed by atoms with E-state index in [0.717, 1.165) is 44.0 Å². The van der Waals surface area contributed by atoms with E-state index in [-0.39, 0.29) is 28.9 Å². The normalized spacial score (nSPS) is 16.1. The highest BCUT2D eigenvalue weighted by atomic mass is 19.1. The number of unbranched alkanes of at least 4 members (excludes halogenated alkanes) is 2. The molecule has 2 fully saturated rings. The number of carbonyl (C=O) groups is 1. The van der Waals surface area contributed by atoms with Gasteiger partial charge >= 0.3 is 0 Å². The Bertz CT molecular complexity index is 1350. The van der Waals surface area contributed by atoms with Gasteiger partial charge in [0.05, 0.1) is 55.7 Å². The van der Waals surface area contributed by atoms with E-state index >= 15 is 4.39 Å². The summed E-state index contributed by atoms with van der Waals surface area (Å²) >= 11 is 0. The van der Waals surface area contributed by atoms with Crippen LogP contribution >= 0.6 is 0 Å². The second-order valence-electron chi connectivity index (χ2n) is 10.7. The molecular weight excluding hydrogens is 501 g/mol. The van der Waals surface area contributed by atoms with Gasteiger partial charge in [-0.15, -0.1) is 0 Å². The zero-order chi connectivity index (χ0) is 27.6. The number of aromatic nitrogens is 2. The monoisotopic (exact) mass is 539 g/mol. The average molecular weight is 540 g/mol. The maximum absolute atomic E-state index is 16.4. The van der Waals surface area contributed by atoms with Crippen LogP contribution in [0.5, 0.6) is 17.2 Å². The van der Waals surface area contributed by atoms with Crippen molar-refractivity contribution in [1.29, 1.82) is 0 Å². The van der Waals surface area contributed by atoms with Gasteiger partial charge in [-0.05, 0) is 56.9 Å². The van der Waals surface area contributed by atoms with Crippen molar-refractivity contribution in [1.82, 2.24) is 9.55 Å². The van der Waals surface area contributed by atoms with Crippen molar-refractivity contribution < 1.29 is 28.1 Å². The van der Waals surface area contributed by atoms with Crippen molar-refractivity contribution in [3.63, 3.8) is 0 Å². The second-order valence-corrected chi connectivity index (χ2v) is 10.7. The van der Waals surface area contributed by atoms with Gasteiger partial charge in [0.25, 0.3) is 0 Å². The number of hydrogen-bond acceptors (Lipinski definition) is 6. The van der Waals surface area contributed by atoms with E-state index in [4.69, 9.17) is 23.9 Å². The summed E-state index contributed by atoms with van der Waals surface area (Å²) in [6, 6.07) is 7.27. The fourth-order valence-electron chi connectivity index (χ4n) is 4.81. The van der Waals surface area contributed by atoms with E-state index in [0.29, 0.717) is 49.2 Å². The number of fused-ring (bicyclic) bond motifs is 1. The second kappa shape index (κ2) is 11.4. The number of nitrogens with zero attached hydrogens (tertiary/aromatic N) is 2. The zero-order valence-electron chi connectivity index (χ0n) is 23.3. The number of imidazole rings is 1. The molecule has 0 unspecified atom stereocenters. The number of hydrogen-bond donors (Lipinski definition) is 1. The Hall–Kier alpha value is -3.33. The molecule has 0 bridgehead atoms. The van der Waals surface area contributed by atoms with Crippen LogP contribution in [0, 0.1) is 11.7 Å². The van der Waals surface area contributed by atoms with Crippen LogP contribution in [0.3, 0.4) is 0 Å². The number of rotatable bonds is 13. The predicted octanol–water partition coefficient (Wildman–Crippen LogP) is 6.30. The van der Waals surface area contributed by atoms with Crippen LogP contribution in [-0.4, -0.2) is 49.0 Å². The maximum Gasteiger partial charge on any atom is 0.227 e. The Kier molecular flexibility index (Phi) is 7.98. The Morgan fingerprint density at radius 1 is 1.13 bits per heavy atom. The minimum atomic E-state index is -0.541. The summed E-state index contributed by atoms with van der Waals surface area (Å²) in [5.74, 6) is 0.718. The topological polar surface area (TPSA) is 83.8 Å². The van der Waals surface area contributed by atoms with Crippen LogP contribution in [0.1, 0.15) is 59.3 Å². The quantitative estimate of drug-likeness (QED) is 0.257. The van der Waals surface area contributed by atoms with Crippen LogP contribution in [-0.2, 0) is 15.1 Å².